The number of carboxylic acids is 1. The number of aryl methyl sites for hydroxylation is 1. The van der Waals surface area contributed by atoms with E-state index < -0.39 is 118 Å². The second-order valence-electron chi connectivity index (χ2n) is 27.0. The predicted molar refractivity (Wildman–Crippen MR) is 317 cm³/mol. The number of amides is 8. The molecule has 1 saturated heterocycles. The van der Waals surface area contributed by atoms with Gasteiger partial charge in [-0.15, -0.1) is 0 Å². The van der Waals surface area contributed by atoms with Crippen molar-refractivity contribution < 1.29 is 57.7 Å². The monoisotopic (exact) mass is 1160 g/mol. The molecule has 84 heavy (non-hydrogen) atoms. The highest BCUT2D eigenvalue weighted by Crippen LogP contribution is 2.38. The Hall–Kier alpha value is -7.51. The van der Waals surface area contributed by atoms with Crippen molar-refractivity contribution in [1.82, 2.24) is 40.9 Å². The summed E-state index contributed by atoms with van der Waals surface area (Å²) < 4.78 is 11.0. The normalized spacial score (nSPS) is 19.8. The van der Waals surface area contributed by atoms with Gasteiger partial charge in [0.2, 0.25) is 35.4 Å². The first-order valence-corrected chi connectivity index (χ1v) is 29.2. The minimum Gasteiger partial charge on any atom is -0.480 e. The standard InChI is InChI=1S/C64H90N8O12/c1-37(69(15)59(81)83-63(9,10)11)52(73)67-50(61(3,4)5)56(77)71-35-43-32-41(29-30-42(43)33-48(71)55(76)66-47(58(79)80)31-39-23-18-17-19-24-39)44-34-49(54(75)65-46-28-22-26-40-25-20-21-27-45(40)46)72(36-44)57(78)51(62(6,7)8)68-53(74)38(2)70(16)60(82)84-64(12,13)14/h17-21,23-25,27,29-30,32,37-38,44,46-51H,22,26,28,31,33-36H2,1-16H3,(H,65,75)(H,66,76)(H,67,73)(H,68,74)(H,79,80)/t37-,38-,44-,46+,47-,48-,49-,50+,51+/m0/s1. The molecule has 2 aliphatic heterocycles. The van der Waals surface area contributed by atoms with E-state index in [9.17, 15) is 38.7 Å². The number of aliphatic carboxylic acids is 1. The molecule has 0 bridgehead atoms. The first-order valence-electron chi connectivity index (χ1n) is 29.2. The first-order chi connectivity index (χ1) is 38.9. The Balaban J connectivity index is 1.37. The van der Waals surface area contributed by atoms with Gasteiger partial charge in [0.05, 0.1) is 6.04 Å². The number of hydrogen-bond acceptors (Lipinski definition) is 11. The number of likely N-dealkylation sites (N-methyl/N-ethyl adjacent to an activating group) is 2. The van der Waals surface area contributed by atoms with E-state index in [0.717, 1.165) is 34.4 Å². The summed E-state index contributed by atoms with van der Waals surface area (Å²) in [4.78, 5) is 133. The molecular weight excluding hydrogens is 1070 g/mol. The second-order valence-corrected chi connectivity index (χ2v) is 27.0. The molecule has 5 N–H and O–H groups in total. The third-order valence-electron chi connectivity index (χ3n) is 16.0. The molecule has 458 valence electrons. The number of likely N-dealkylation sites (tertiary alicyclic amines) is 1. The summed E-state index contributed by atoms with van der Waals surface area (Å²) in [5, 5.41) is 22.2. The maximum atomic E-state index is 15.4. The maximum Gasteiger partial charge on any atom is 0.410 e. The van der Waals surface area contributed by atoms with Crippen molar-refractivity contribution in [3.05, 3.63) is 106 Å². The van der Waals surface area contributed by atoms with E-state index in [4.69, 9.17) is 9.47 Å². The Labute approximate surface area is 495 Å². The number of carboxylic acid groups (broad SMARTS) is 1. The Morgan fingerprint density at radius 1 is 0.631 bits per heavy atom. The van der Waals surface area contributed by atoms with E-state index in [-0.39, 0.29) is 44.3 Å². The minimum atomic E-state index is -1.36. The molecule has 0 aromatic heterocycles. The van der Waals surface area contributed by atoms with Crippen molar-refractivity contribution in [2.45, 2.75) is 207 Å². The largest absolute Gasteiger partial charge is 0.480 e. The van der Waals surface area contributed by atoms with Gasteiger partial charge < -0.3 is 45.6 Å². The van der Waals surface area contributed by atoms with Gasteiger partial charge in [0, 0.05) is 45.9 Å². The zero-order valence-corrected chi connectivity index (χ0v) is 52.0. The van der Waals surface area contributed by atoms with E-state index in [1.54, 1.807) is 99.6 Å². The number of nitrogens with zero attached hydrogens (tertiary/aromatic N) is 4. The minimum absolute atomic E-state index is 0.0342. The van der Waals surface area contributed by atoms with E-state index in [2.05, 4.69) is 27.3 Å². The van der Waals surface area contributed by atoms with Crippen LogP contribution in [0.1, 0.15) is 162 Å². The van der Waals surface area contributed by atoms with Gasteiger partial charge in [-0.2, -0.15) is 0 Å². The van der Waals surface area contributed by atoms with Gasteiger partial charge in [-0.25, -0.2) is 14.4 Å². The lowest BCUT2D eigenvalue weighted by Gasteiger charge is -2.41. The van der Waals surface area contributed by atoms with Gasteiger partial charge in [0.25, 0.3) is 0 Å². The summed E-state index contributed by atoms with van der Waals surface area (Å²) in [6, 6.07) is 14.0. The summed E-state index contributed by atoms with van der Waals surface area (Å²) in [6.07, 6.45) is 1.07. The summed E-state index contributed by atoms with van der Waals surface area (Å²) in [7, 11) is 2.87. The average Bonchev–Trinajstić information content (AvgIpc) is 1.77. The molecule has 3 aliphatic rings. The molecule has 0 saturated carbocycles. The molecule has 1 fully saturated rings. The van der Waals surface area contributed by atoms with Gasteiger partial charge in [-0.1, -0.05) is 114 Å². The second kappa shape index (κ2) is 26.2. The van der Waals surface area contributed by atoms with Crippen molar-refractivity contribution in [3.8, 4) is 0 Å². The van der Waals surface area contributed by atoms with Crippen LogP contribution in [0.3, 0.4) is 0 Å². The number of hydrogen-bond donors (Lipinski definition) is 5. The number of fused-ring (bicyclic) bond motifs is 2. The third kappa shape index (κ3) is 16.4. The van der Waals surface area contributed by atoms with Crippen LogP contribution in [-0.2, 0) is 68.8 Å². The molecule has 20 nitrogen and oxygen atoms in total. The highest BCUT2D eigenvalue weighted by atomic mass is 16.6. The number of rotatable bonds is 16. The summed E-state index contributed by atoms with van der Waals surface area (Å²) in [5.74, 6) is -5.18. The Kier molecular flexibility index (Phi) is 20.5. The van der Waals surface area contributed by atoms with Gasteiger partial charge in [0.1, 0.15) is 53.5 Å². The zero-order valence-electron chi connectivity index (χ0n) is 52.0. The molecule has 6 rings (SSSR count). The lowest BCUT2D eigenvalue weighted by Crippen LogP contribution is -2.63. The van der Waals surface area contributed by atoms with Crippen LogP contribution in [0.15, 0.2) is 72.8 Å². The molecule has 3 aromatic rings. The number of benzene rings is 3. The molecule has 1 aliphatic carbocycles. The molecular formula is C64H90N8O12. The molecule has 9 atom stereocenters. The molecule has 0 spiro atoms. The molecule has 0 unspecified atom stereocenters. The van der Waals surface area contributed by atoms with Crippen molar-refractivity contribution in [2.24, 2.45) is 10.8 Å². The van der Waals surface area contributed by atoms with Crippen LogP contribution < -0.4 is 21.3 Å². The summed E-state index contributed by atoms with van der Waals surface area (Å²) in [5.41, 5.74) is 1.37. The van der Waals surface area contributed by atoms with Crippen molar-refractivity contribution in [1.29, 1.82) is 0 Å². The van der Waals surface area contributed by atoms with Gasteiger partial charge in [-0.05, 0) is 125 Å². The number of nitrogens with one attached hydrogen (secondary N) is 4. The Morgan fingerprint density at radius 3 is 1.68 bits per heavy atom. The van der Waals surface area contributed by atoms with Gasteiger partial charge >= 0.3 is 18.2 Å². The van der Waals surface area contributed by atoms with E-state index in [1.165, 1.54) is 35.7 Å². The van der Waals surface area contributed by atoms with E-state index in [1.807, 2.05) is 57.2 Å². The topological polar surface area (TPSA) is 253 Å². The summed E-state index contributed by atoms with van der Waals surface area (Å²) in [6.45, 7) is 23.9. The van der Waals surface area contributed by atoms with Crippen LogP contribution in [0.4, 0.5) is 9.59 Å². The van der Waals surface area contributed by atoms with Crippen LogP contribution in [0.2, 0.25) is 0 Å². The number of ether oxygens (including phenoxy) is 2. The van der Waals surface area contributed by atoms with Crippen molar-refractivity contribution in [2.75, 3.05) is 20.6 Å². The molecule has 3 aromatic carbocycles. The number of carbonyl (C=O) groups is 9. The third-order valence-corrected chi connectivity index (χ3v) is 16.0. The first kappa shape index (κ1) is 65.6. The highest BCUT2D eigenvalue weighted by molar-refractivity contribution is 5.97. The number of carbonyl (C=O) groups excluding carboxylic acids is 8. The van der Waals surface area contributed by atoms with Crippen LogP contribution in [0.25, 0.3) is 0 Å². The Bertz CT molecular complexity index is 2940. The molecule has 20 heteroatoms. The Morgan fingerprint density at radius 2 is 1.15 bits per heavy atom. The van der Waals surface area contributed by atoms with Crippen molar-refractivity contribution >= 4 is 53.6 Å². The predicted octanol–water partition coefficient (Wildman–Crippen LogP) is 7.20. The van der Waals surface area contributed by atoms with Crippen LogP contribution >= 0.6 is 0 Å². The lowest BCUT2D eigenvalue weighted by atomic mass is 9.83. The fraction of sp³-hybridized carbons (Fsp3) is 0.578. The maximum absolute atomic E-state index is 15.4. The zero-order chi connectivity index (χ0) is 62.6. The lowest BCUT2D eigenvalue weighted by molar-refractivity contribution is -0.149. The molecule has 2 heterocycles. The summed E-state index contributed by atoms with van der Waals surface area (Å²) >= 11 is 0. The van der Waals surface area contributed by atoms with Crippen molar-refractivity contribution in [3.63, 3.8) is 0 Å². The fourth-order valence-corrected chi connectivity index (χ4v) is 10.9. The SMILES string of the molecule is C[C@@H](C(=O)N[C@H](C(=O)N1Cc2cc([C@H]3C[C@@H](C(=O)N[C@@H]4CCCc5ccccc54)N(C(=O)[C@@H](NC(=O)[C@H](C)N(C)C(=O)OC(C)(C)C)C(C)(C)C)C3)ccc2C[C@H]1C(=O)N[C@@H](Cc1ccccc1)C(=O)O)C(C)(C)C)N(C)C(=O)OC(C)(C)C. The smallest absolute Gasteiger partial charge is 0.410 e. The van der Waals surface area contributed by atoms with Gasteiger partial charge in [-0.3, -0.25) is 38.6 Å². The average molecular weight is 1160 g/mol. The van der Waals surface area contributed by atoms with E-state index >= 15 is 9.59 Å². The fourth-order valence-electron chi connectivity index (χ4n) is 10.9. The highest BCUT2D eigenvalue weighted by Gasteiger charge is 2.48. The van der Waals surface area contributed by atoms with E-state index in [0.29, 0.717) is 23.1 Å². The van der Waals surface area contributed by atoms with Crippen LogP contribution in [0.5, 0.6) is 0 Å². The quantitative estimate of drug-likeness (QED) is 0.0955. The van der Waals surface area contributed by atoms with Crippen LogP contribution in [0, 0.1) is 10.8 Å². The molecule has 0 radical (unpaired) electrons. The van der Waals surface area contributed by atoms with Gasteiger partial charge in [0.15, 0.2) is 0 Å². The van der Waals surface area contributed by atoms with Crippen LogP contribution in [-0.4, -0.2) is 152 Å². The molecule has 8 amide bonds.